The van der Waals surface area contributed by atoms with Crippen molar-refractivity contribution in [1.29, 1.82) is 0 Å². The van der Waals surface area contributed by atoms with Crippen LogP contribution in [0.15, 0.2) is 0 Å². The molecule has 0 radical (unpaired) electrons. The van der Waals surface area contributed by atoms with Gasteiger partial charge in [0.15, 0.2) is 0 Å². The van der Waals surface area contributed by atoms with Crippen molar-refractivity contribution >= 4 is 25.7 Å². The molecule has 40 heavy (non-hydrogen) atoms. The quantitative estimate of drug-likeness (QED) is 0.0710. The van der Waals surface area contributed by atoms with Crippen molar-refractivity contribution in [2.24, 2.45) is 16.2 Å². The molecule has 0 rings (SSSR count). The number of hydrogen-bond acceptors (Lipinski definition) is 10. The number of phosphoric ester groups is 1. The Morgan fingerprint density at radius 3 is 1.90 bits per heavy atom. The van der Waals surface area contributed by atoms with Gasteiger partial charge in [-0.25, -0.2) is 4.57 Å². The summed E-state index contributed by atoms with van der Waals surface area (Å²) in [5.41, 5.74) is -3.59. The molecule has 3 unspecified atom stereocenters. The van der Waals surface area contributed by atoms with Crippen LogP contribution in [0, 0.1) is 16.2 Å². The normalized spacial score (nSPS) is 15.9. The van der Waals surface area contributed by atoms with E-state index in [4.69, 9.17) is 28.7 Å². The van der Waals surface area contributed by atoms with Gasteiger partial charge in [0.25, 0.3) is 0 Å². The minimum Gasteiger partial charge on any atom is -0.465 e. The molecule has 12 nitrogen and oxygen atoms in total. The fourth-order valence-electron chi connectivity index (χ4n) is 4.44. The van der Waals surface area contributed by atoms with Crippen LogP contribution in [0.25, 0.3) is 0 Å². The molecule has 0 aromatic heterocycles. The fourth-order valence-corrected chi connectivity index (χ4v) is 4.80. The Morgan fingerprint density at radius 1 is 0.750 bits per heavy atom. The second kappa shape index (κ2) is 18.1. The molecular formula is C27H51O12P. The fraction of sp³-hybridized carbons (Fsp3) is 0.889. The van der Waals surface area contributed by atoms with Crippen molar-refractivity contribution in [3.63, 3.8) is 0 Å². The molecule has 0 saturated heterocycles. The zero-order valence-corrected chi connectivity index (χ0v) is 26.1. The van der Waals surface area contributed by atoms with Crippen molar-refractivity contribution in [3.8, 4) is 0 Å². The Balaban J connectivity index is 5.74. The number of carbonyl (C=O) groups excluding carboxylic acids is 3. The highest BCUT2D eigenvalue weighted by molar-refractivity contribution is 7.46. The molecule has 236 valence electrons. The summed E-state index contributed by atoms with van der Waals surface area (Å²) in [6.45, 7) is 12.0. The second-order valence-corrected chi connectivity index (χ2v) is 12.5. The van der Waals surface area contributed by atoms with Crippen LogP contribution in [0.2, 0.25) is 0 Å². The first-order valence-corrected chi connectivity index (χ1v) is 15.5. The average Bonchev–Trinajstić information content (AvgIpc) is 2.87. The molecule has 0 aliphatic rings. The van der Waals surface area contributed by atoms with Gasteiger partial charge in [-0.3, -0.25) is 18.9 Å². The van der Waals surface area contributed by atoms with Gasteiger partial charge in [0, 0.05) is 6.61 Å². The molecule has 0 aliphatic heterocycles. The Kier molecular flexibility index (Phi) is 17.4. The number of carbonyl (C=O) groups is 3. The number of esters is 3. The van der Waals surface area contributed by atoms with E-state index in [9.17, 15) is 24.1 Å². The first-order valence-electron chi connectivity index (χ1n) is 13.9. The number of phosphoric acid groups is 1. The van der Waals surface area contributed by atoms with Gasteiger partial charge in [0.1, 0.15) is 19.3 Å². The minimum absolute atomic E-state index is 0.0200. The summed E-state index contributed by atoms with van der Waals surface area (Å²) in [6, 6.07) is 0. The highest BCUT2D eigenvalue weighted by Crippen LogP contribution is 2.46. The monoisotopic (exact) mass is 598 g/mol. The van der Waals surface area contributed by atoms with Gasteiger partial charge in [-0.15, -0.1) is 0 Å². The maximum absolute atomic E-state index is 13.5. The maximum Gasteiger partial charge on any atom is 0.469 e. The van der Waals surface area contributed by atoms with E-state index < -0.39 is 61.3 Å². The van der Waals surface area contributed by atoms with Crippen LogP contribution in [-0.2, 0) is 42.4 Å². The van der Waals surface area contributed by atoms with E-state index in [1.807, 2.05) is 6.92 Å². The van der Waals surface area contributed by atoms with E-state index >= 15 is 0 Å². The van der Waals surface area contributed by atoms with Crippen LogP contribution < -0.4 is 0 Å². The van der Waals surface area contributed by atoms with Gasteiger partial charge in [0.05, 0.1) is 36.1 Å². The Morgan fingerprint density at radius 2 is 1.35 bits per heavy atom. The number of hydrogen-bond donors (Lipinski definition) is 3. The Hall–Kier alpha value is -1.56. The first kappa shape index (κ1) is 38.4. The van der Waals surface area contributed by atoms with Crippen LogP contribution in [0.5, 0.6) is 0 Å². The largest absolute Gasteiger partial charge is 0.469 e. The van der Waals surface area contributed by atoms with Crippen molar-refractivity contribution in [2.75, 3.05) is 39.6 Å². The zero-order chi connectivity index (χ0) is 31.0. The van der Waals surface area contributed by atoms with Crippen LogP contribution in [0.1, 0.15) is 93.4 Å². The van der Waals surface area contributed by atoms with Gasteiger partial charge < -0.3 is 33.8 Å². The third-order valence-corrected chi connectivity index (χ3v) is 7.15. The summed E-state index contributed by atoms with van der Waals surface area (Å²) in [4.78, 5) is 57.1. The lowest BCUT2D eigenvalue weighted by atomic mass is 9.65. The molecule has 3 N–H and O–H groups in total. The molecule has 0 aromatic carbocycles. The molecule has 3 atom stereocenters. The van der Waals surface area contributed by atoms with Crippen LogP contribution in [0.3, 0.4) is 0 Å². The summed E-state index contributed by atoms with van der Waals surface area (Å²) < 4.78 is 36.6. The van der Waals surface area contributed by atoms with Crippen molar-refractivity contribution in [3.05, 3.63) is 0 Å². The molecule has 13 heteroatoms. The van der Waals surface area contributed by atoms with Crippen LogP contribution >= 0.6 is 7.82 Å². The van der Waals surface area contributed by atoms with E-state index in [2.05, 4.69) is 11.4 Å². The van der Waals surface area contributed by atoms with Crippen LogP contribution in [0.4, 0.5) is 0 Å². The molecule has 0 heterocycles. The second-order valence-electron chi connectivity index (χ2n) is 11.3. The zero-order valence-electron chi connectivity index (χ0n) is 25.2. The summed E-state index contributed by atoms with van der Waals surface area (Å²) in [7, 11) is -4.80. The van der Waals surface area contributed by atoms with E-state index in [1.54, 1.807) is 34.6 Å². The lowest BCUT2D eigenvalue weighted by Crippen LogP contribution is -2.44. The van der Waals surface area contributed by atoms with Crippen molar-refractivity contribution in [2.45, 2.75) is 99.5 Å². The first-order chi connectivity index (χ1) is 18.5. The predicted molar refractivity (Wildman–Crippen MR) is 147 cm³/mol. The lowest BCUT2D eigenvalue weighted by Gasteiger charge is -2.39. The summed E-state index contributed by atoms with van der Waals surface area (Å²) in [5, 5.41) is 9.92. The number of aliphatic hydroxyl groups is 1. The third kappa shape index (κ3) is 14.9. The SMILES string of the molecule is CCCCCCOC(=O)C(C)(CC(C)(C)C(=O)OCCOCC)CC(C)(CC)C(=O)OCC(O)COP(=O)(O)O. The van der Waals surface area contributed by atoms with E-state index in [1.165, 1.54) is 0 Å². The number of unbranched alkanes of at least 4 members (excludes halogenated alkanes) is 3. The number of rotatable bonds is 22. The van der Waals surface area contributed by atoms with E-state index in [0.29, 0.717) is 13.0 Å². The smallest absolute Gasteiger partial charge is 0.465 e. The maximum atomic E-state index is 13.5. The molecule has 0 bridgehead atoms. The molecule has 0 aliphatic carbocycles. The summed E-state index contributed by atoms with van der Waals surface area (Å²) >= 11 is 0. The minimum atomic E-state index is -4.80. The third-order valence-electron chi connectivity index (χ3n) is 6.67. The van der Waals surface area contributed by atoms with Crippen molar-refractivity contribution < 1.29 is 57.3 Å². The molecule has 0 amide bonds. The molecule has 0 spiro atoms. The van der Waals surface area contributed by atoms with Crippen molar-refractivity contribution in [1.82, 2.24) is 0 Å². The molecule has 0 fully saturated rings. The number of aliphatic hydroxyl groups excluding tert-OH is 1. The van der Waals surface area contributed by atoms with E-state index in [-0.39, 0.29) is 39.1 Å². The summed E-state index contributed by atoms with van der Waals surface area (Å²) in [5.74, 6) is -1.77. The highest BCUT2D eigenvalue weighted by atomic mass is 31.2. The standard InChI is InChI=1S/C27H51O12P/c1-8-11-12-13-14-36-24(31)27(7,19-25(4,5)22(29)37-16-15-35-10-3)20-26(6,9-2)23(30)38-17-21(28)18-39-40(32,33)34/h21,28H,8-20H2,1-7H3,(H2,32,33,34). The van der Waals surface area contributed by atoms with Gasteiger partial charge >= 0.3 is 25.7 Å². The Labute approximate surface area is 238 Å². The highest BCUT2D eigenvalue weighted by Gasteiger charge is 2.50. The molecule has 0 aromatic rings. The molecular weight excluding hydrogens is 547 g/mol. The summed E-state index contributed by atoms with van der Waals surface area (Å²) in [6.07, 6.45) is 2.45. The van der Waals surface area contributed by atoms with Gasteiger partial charge in [-0.2, -0.15) is 0 Å². The number of ether oxygens (including phenoxy) is 4. The van der Waals surface area contributed by atoms with E-state index in [0.717, 1.165) is 19.3 Å². The lowest BCUT2D eigenvalue weighted by molar-refractivity contribution is -0.170. The van der Waals surface area contributed by atoms with Gasteiger partial charge in [-0.05, 0) is 60.3 Å². The van der Waals surface area contributed by atoms with Gasteiger partial charge in [0.2, 0.25) is 0 Å². The van der Waals surface area contributed by atoms with Gasteiger partial charge in [-0.1, -0.05) is 33.1 Å². The van der Waals surface area contributed by atoms with Crippen LogP contribution in [-0.4, -0.2) is 78.5 Å². The average molecular weight is 599 g/mol. The Bertz CT molecular complexity index is 826. The topological polar surface area (TPSA) is 175 Å². The molecule has 0 saturated carbocycles. The predicted octanol–water partition coefficient (Wildman–Crippen LogP) is 3.93.